The molecule has 29 heavy (non-hydrogen) atoms. The molecule has 0 aliphatic heterocycles. The van der Waals surface area contributed by atoms with Gasteiger partial charge in [-0.05, 0) is 38.1 Å². The molecule has 0 bridgehead atoms. The second kappa shape index (κ2) is 8.15. The molecule has 1 heterocycles. The summed E-state index contributed by atoms with van der Waals surface area (Å²) >= 11 is 5.92. The summed E-state index contributed by atoms with van der Waals surface area (Å²) in [5, 5.41) is 4.16. The molecule has 0 fully saturated rings. The predicted molar refractivity (Wildman–Crippen MR) is 111 cm³/mol. The van der Waals surface area contributed by atoms with Crippen LogP contribution in [0.1, 0.15) is 13.8 Å². The van der Waals surface area contributed by atoms with Gasteiger partial charge in [-0.2, -0.15) is 18.0 Å². The average molecular weight is 455 g/mol. The number of nitrogens with zero attached hydrogens (tertiary/aromatic N) is 2. The smallest absolute Gasteiger partial charge is 0.207 e. The first-order chi connectivity index (χ1) is 13.6. The Balaban J connectivity index is 2.10. The first-order valence-electron chi connectivity index (χ1n) is 8.55. The fourth-order valence-corrected chi connectivity index (χ4v) is 4.83. The number of nitrogens with one attached hydrogen (secondary N) is 2. The molecule has 2 aromatic carbocycles. The maximum Gasteiger partial charge on any atom is 0.276 e. The maximum atomic E-state index is 12.7. The van der Waals surface area contributed by atoms with Gasteiger partial charge >= 0.3 is 0 Å². The van der Waals surface area contributed by atoms with E-state index in [9.17, 15) is 16.8 Å². The van der Waals surface area contributed by atoms with Gasteiger partial charge in [-0.25, -0.2) is 13.1 Å². The third-order valence-corrected chi connectivity index (χ3v) is 6.84. The van der Waals surface area contributed by atoms with Gasteiger partial charge in [0.1, 0.15) is 0 Å². The van der Waals surface area contributed by atoms with Crippen LogP contribution in [-0.2, 0) is 20.0 Å². The topological polar surface area (TPSA) is 110 Å². The molecular formula is C18H19ClN4O4S2. The summed E-state index contributed by atoms with van der Waals surface area (Å²) in [5.74, 6) is 0. The van der Waals surface area contributed by atoms with Crippen molar-refractivity contribution < 1.29 is 16.8 Å². The lowest BCUT2D eigenvalue weighted by Gasteiger charge is -2.11. The summed E-state index contributed by atoms with van der Waals surface area (Å²) in [7, 11) is -7.94. The zero-order valence-corrected chi connectivity index (χ0v) is 18.0. The molecule has 3 rings (SSSR count). The van der Waals surface area contributed by atoms with Gasteiger partial charge in [0.15, 0.2) is 5.03 Å². The van der Waals surface area contributed by atoms with Crippen LogP contribution in [0, 0.1) is 0 Å². The van der Waals surface area contributed by atoms with Crippen LogP contribution >= 0.6 is 11.6 Å². The van der Waals surface area contributed by atoms with Gasteiger partial charge in [-0.3, -0.25) is 0 Å². The van der Waals surface area contributed by atoms with Crippen molar-refractivity contribution in [3.05, 3.63) is 65.7 Å². The third-order valence-electron chi connectivity index (χ3n) is 3.75. The van der Waals surface area contributed by atoms with Crippen molar-refractivity contribution in [2.24, 2.45) is 0 Å². The molecule has 8 nitrogen and oxygen atoms in total. The van der Waals surface area contributed by atoms with E-state index >= 15 is 0 Å². The van der Waals surface area contributed by atoms with Crippen molar-refractivity contribution in [2.45, 2.75) is 29.8 Å². The molecule has 0 radical (unpaired) electrons. The molecule has 2 N–H and O–H groups in total. The molecule has 0 amide bonds. The lowest BCUT2D eigenvalue weighted by atomic mass is 10.2. The number of sulfonamides is 2. The van der Waals surface area contributed by atoms with Crippen LogP contribution < -0.4 is 9.55 Å². The van der Waals surface area contributed by atoms with Gasteiger partial charge < -0.3 is 0 Å². The second-order valence-corrected chi connectivity index (χ2v) is 10.2. The van der Waals surface area contributed by atoms with Crippen LogP contribution in [0.15, 0.2) is 70.6 Å². The van der Waals surface area contributed by atoms with Gasteiger partial charge in [0.2, 0.25) is 0 Å². The molecule has 0 aliphatic rings. The minimum Gasteiger partial charge on any atom is -0.207 e. The molecule has 0 spiro atoms. The quantitative estimate of drug-likeness (QED) is 0.570. The molecule has 1 aromatic heterocycles. The Kier molecular flexibility index (Phi) is 5.99. The summed E-state index contributed by atoms with van der Waals surface area (Å²) in [6.45, 7) is 3.35. The SMILES string of the molecule is CC(C)NS(=O)(=O)c1cc(-c2ccc(Cl)cc2)n(NS(=O)(=O)c2ccccc2)n1. The van der Waals surface area contributed by atoms with E-state index in [0.717, 1.165) is 4.79 Å². The number of aromatic nitrogens is 2. The Hall–Kier alpha value is -2.40. The summed E-state index contributed by atoms with van der Waals surface area (Å²) in [5.41, 5.74) is 0.772. The van der Waals surface area contributed by atoms with E-state index in [1.807, 2.05) is 0 Å². The Bertz CT molecular complexity index is 1210. The monoisotopic (exact) mass is 454 g/mol. The first kappa shape index (κ1) is 21.3. The molecule has 0 saturated heterocycles. The van der Waals surface area contributed by atoms with E-state index in [4.69, 9.17) is 11.6 Å². The van der Waals surface area contributed by atoms with Crippen molar-refractivity contribution >= 4 is 31.6 Å². The Morgan fingerprint density at radius 1 is 0.931 bits per heavy atom. The van der Waals surface area contributed by atoms with Crippen molar-refractivity contribution in [2.75, 3.05) is 4.83 Å². The van der Waals surface area contributed by atoms with E-state index in [0.29, 0.717) is 10.6 Å². The van der Waals surface area contributed by atoms with Crippen molar-refractivity contribution in [1.82, 2.24) is 14.6 Å². The zero-order chi connectivity index (χ0) is 21.2. The lowest BCUT2D eigenvalue weighted by molar-refractivity contribution is 0.561. The summed E-state index contributed by atoms with van der Waals surface area (Å²) in [4.78, 5) is 3.26. The van der Waals surface area contributed by atoms with Crippen LogP contribution in [0.2, 0.25) is 5.02 Å². The van der Waals surface area contributed by atoms with E-state index in [-0.39, 0.29) is 21.7 Å². The van der Waals surface area contributed by atoms with Gasteiger partial charge in [-0.15, -0.1) is 5.10 Å². The highest BCUT2D eigenvalue weighted by atomic mass is 35.5. The summed E-state index contributed by atoms with van der Waals surface area (Å²) in [6, 6.07) is 15.1. The summed E-state index contributed by atoms with van der Waals surface area (Å²) < 4.78 is 53.0. The highest BCUT2D eigenvalue weighted by Crippen LogP contribution is 2.24. The van der Waals surface area contributed by atoms with Crippen LogP contribution in [0.4, 0.5) is 0 Å². The normalized spacial score (nSPS) is 12.3. The van der Waals surface area contributed by atoms with E-state index in [2.05, 4.69) is 14.7 Å². The molecule has 0 atom stereocenters. The van der Waals surface area contributed by atoms with Crippen molar-refractivity contribution in [3.63, 3.8) is 0 Å². The number of hydrogen-bond donors (Lipinski definition) is 2. The minimum atomic E-state index is -4.00. The molecule has 3 aromatic rings. The van der Waals surface area contributed by atoms with E-state index < -0.39 is 20.0 Å². The zero-order valence-electron chi connectivity index (χ0n) is 15.6. The third kappa shape index (κ3) is 4.96. The second-order valence-electron chi connectivity index (χ2n) is 6.47. The maximum absolute atomic E-state index is 12.7. The fourth-order valence-electron chi connectivity index (χ4n) is 2.52. The molecule has 0 unspecified atom stereocenters. The Morgan fingerprint density at radius 2 is 1.55 bits per heavy atom. The molecule has 0 aliphatic carbocycles. The number of benzene rings is 2. The van der Waals surface area contributed by atoms with Gasteiger partial charge in [0.25, 0.3) is 20.0 Å². The van der Waals surface area contributed by atoms with Crippen LogP contribution in [0.5, 0.6) is 0 Å². The minimum absolute atomic E-state index is 0.0160. The largest absolute Gasteiger partial charge is 0.276 e. The van der Waals surface area contributed by atoms with E-state index in [1.165, 1.54) is 18.2 Å². The van der Waals surface area contributed by atoms with Crippen molar-refractivity contribution in [1.29, 1.82) is 0 Å². The van der Waals surface area contributed by atoms with Crippen LogP contribution in [-0.4, -0.2) is 32.8 Å². The molecular weight excluding hydrogens is 436 g/mol. The van der Waals surface area contributed by atoms with E-state index in [1.54, 1.807) is 56.3 Å². The molecule has 154 valence electrons. The summed E-state index contributed by atoms with van der Waals surface area (Å²) in [6.07, 6.45) is 0. The highest BCUT2D eigenvalue weighted by molar-refractivity contribution is 7.92. The number of hydrogen-bond acceptors (Lipinski definition) is 5. The number of halogens is 1. The highest BCUT2D eigenvalue weighted by Gasteiger charge is 2.24. The molecule has 11 heteroatoms. The van der Waals surface area contributed by atoms with Crippen molar-refractivity contribution in [3.8, 4) is 11.3 Å². The van der Waals surface area contributed by atoms with Gasteiger partial charge in [0.05, 0.1) is 10.6 Å². The Labute approximate surface area is 174 Å². The lowest BCUT2D eigenvalue weighted by Crippen LogP contribution is -2.31. The van der Waals surface area contributed by atoms with Crippen LogP contribution in [0.3, 0.4) is 0 Å². The Morgan fingerprint density at radius 3 is 2.14 bits per heavy atom. The standard InChI is InChI=1S/C18H19ClN4O4S2/c1-13(2)21-29(26,27)18-12-17(14-8-10-15(19)11-9-14)23(20-18)22-28(24,25)16-6-4-3-5-7-16/h3-13,21-22H,1-2H3. The molecule has 0 saturated carbocycles. The average Bonchev–Trinajstić information content (AvgIpc) is 3.06. The van der Waals surface area contributed by atoms with Crippen LogP contribution in [0.25, 0.3) is 11.3 Å². The van der Waals surface area contributed by atoms with Gasteiger partial charge in [-0.1, -0.05) is 41.9 Å². The predicted octanol–water partition coefficient (Wildman–Crippen LogP) is 2.82. The fraction of sp³-hybridized carbons (Fsp3) is 0.167. The number of rotatable bonds is 7. The van der Waals surface area contributed by atoms with Gasteiger partial charge in [0, 0.05) is 22.7 Å². The first-order valence-corrected chi connectivity index (χ1v) is 11.9.